The summed E-state index contributed by atoms with van der Waals surface area (Å²) in [6.45, 7) is 0. The molecule has 0 aliphatic rings. The van der Waals surface area contributed by atoms with E-state index in [4.69, 9.17) is 8.83 Å². The van der Waals surface area contributed by atoms with Crippen molar-refractivity contribution in [2.24, 2.45) is 0 Å². The monoisotopic (exact) mass is 467 g/mol. The van der Waals surface area contributed by atoms with E-state index < -0.39 is 11.3 Å². The van der Waals surface area contributed by atoms with Gasteiger partial charge in [0.1, 0.15) is 11.2 Å². The molecule has 0 N–H and O–H groups in total. The number of hydrogen-bond acceptors (Lipinski definition) is 5. The van der Waals surface area contributed by atoms with Crippen molar-refractivity contribution in [3.05, 3.63) is 124 Å². The summed E-state index contributed by atoms with van der Waals surface area (Å²) in [5, 5.41) is 5.77. The lowest BCUT2D eigenvalue weighted by molar-refractivity contribution is 0.564. The molecule has 0 amide bonds. The fourth-order valence-corrected chi connectivity index (χ4v) is 4.88. The Morgan fingerprint density at radius 3 is 1.47 bits per heavy atom. The van der Waals surface area contributed by atoms with Gasteiger partial charge in [-0.3, -0.25) is 4.98 Å². The SMILES string of the molecule is O=c1oc2ccc3ccccc3c2cc1-c1cncc(-c2cc3c(ccc4ccccc43)oc2=O)c1. The molecule has 3 aromatic heterocycles. The van der Waals surface area contributed by atoms with Crippen LogP contribution in [0.4, 0.5) is 0 Å². The summed E-state index contributed by atoms with van der Waals surface area (Å²) < 4.78 is 11.3. The highest BCUT2D eigenvalue weighted by atomic mass is 16.4. The van der Waals surface area contributed by atoms with Crippen LogP contribution in [0.3, 0.4) is 0 Å². The third kappa shape index (κ3) is 3.14. The van der Waals surface area contributed by atoms with Gasteiger partial charge in [-0.05, 0) is 51.9 Å². The quantitative estimate of drug-likeness (QED) is 0.203. The predicted octanol–water partition coefficient (Wildman–Crippen LogP) is 6.93. The Labute approximate surface area is 203 Å². The minimum Gasteiger partial charge on any atom is -0.422 e. The number of hydrogen-bond donors (Lipinski definition) is 0. The van der Waals surface area contributed by atoms with Gasteiger partial charge in [0.05, 0.1) is 11.1 Å². The molecule has 7 rings (SSSR count). The van der Waals surface area contributed by atoms with Crippen molar-refractivity contribution < 1.29 is 8.83 Å². The molecule has 0 radical (unpaired) electrons. The van der Waals surface area contributed by atoms with Gasteiger partial charge in [0.15, 0.2) is 0 Å². The summed E-state index contributed by atoms with van der Waals surface area (Å²) in [4.78, 5) is 30.2. The lowest BCUT2D eigenvalue weighted by Gasteiger charge is -2.08. The van der Waals surface area contributed by atoms with Crippen LogP contribution in [0.25, 0.3) is 65.7 Å². The summed E-state index contributed by atoms with van der Waals surface area (Å²) in [7, 11) is 0. The lowest BCUT2D eigenvalue weighted by atomic mass is 9.99. The van der Waals surface area contributed by atoms with Gasteiger partial charge in [-0.15, -0.1) is 0 Å². The van der Waals surface area contributed by atoms with Crippen LogP contribution in [-0.2, 0) is 0 Å². The van der Waals surface area contributed by atoms with E-state index in [0.29, 0.717) is 33.4 Å². The van der Waals surface area contributed by atoms with Crippen LogP contribution in [0, 0.1) is 0 Å². The van der Waals surface area contributed by atoms with E-state index in [0.717, 1.165) is 32.3 Å². The fraction of sp³-hybridized carbons (Fsp3) is 0. The van der Waals surface area contributed by atoms with Crippen molar-refractivity contribution >= 4 is 43.5 Å². The number of rotatable bonds is 2. The Bertz CT molecular complexity index is 1960. The first kappa shape index (κ1) is 20.4. The maximum absolute atomic E-state index is 12.9. The van der Waals surface area contributed by atoms with Crippen molar-refractivity contribution in [1.82, 2.24) is 4.98 Å². The van der Waals surface area contributed by atoms with Gasteiger partial charge >= 0.3 is 11.3 Å². The highest BCUT2D eigenvalue weighted by molar-refractivity contribution is 6.07. The van der Waals surface area contributed by atoms with Gasteiger partial charge < -0.3 is 8.83 Å². The molecular weight excluding hydrogens is 450 g/mol. The molecule has 170 valence electrons. The van der Waals surface area contributed by atoms with Crippen molar-refractivity contribution in [3.8, 4) is 22.3 Å². The number of benzene rings is 4. The van der Waals surface area contributed by atoms with Gasteiger partial charge in [0.25, 0.3) is 0 Å². The van der Waals surface area contributed by atoms with Crippen LogP contribution < -0.4 is 11.3 Å². The standard InChI is InChI=1S/C31H17NO4/c33-30-24(14-26-22-7-3-1-5-18(22)9-11-28(26)35-30)20-13-21(17-32-16-20)25-15-27-23-8-4-2-6-19(23)10-12-29(27)36-31(25)34/h1-17H. The van der Waals surface area contributed by atoms with Crippen LogP contribution in [-0.4, -0.2) is 4.98 Å². The molecule has 0 bridgehead atoms. The van der Waals surface area contributed by atoms with Crippen LogP contribution in [0.1, 0.15) is 0 Å². The molecular formula is C31H17NO4. The van der Waals surface area contributed by atoms with E-state index >= 15 is 0 Å². The summed E-state index contributed by atoms with van der Waals surface area (Å²) in [6, 6.07) is 28.8. The van der Waals surface area contributed by atoms with Gasteiger partial charge in [0.2, 0.25) is 0 Å². The minimum atomic E-state index is -0.465. The third-order valence-electron chi connectivity index (χ3n) is 6.64. The van der Waals surface area contributed by atoms with Gasteiger partial charge in [0, 0.05) is 34.3 Å². The first-order valence-electron chi connectivity index (χ1n) is 11.5. The molecule has 4 aromatic carbocycles. The number of pyridine rings is 1. The molecule has 5 heteroatoms. The Kier molecular flexibility index (Phi) is 4.38. The molecule has 0 aliphatic heterocycles. The molecule has 0 fully saturated rings. The average Bonchev–Trinajstić information content (AvgIpc) is 2.92. The third-order valence-corrected chi connectivity index (χ3v) is 6.64. The highest BCUT2D eigenvalue weighted by Gasteiger charge is 2.14. The second kappa shape index (κ2) is 7.75. The normalized spacial score (nSPS) is 11.6. The molecule has 0 saturated carbocycles. The summed E-state index contributed by atoms with van der Waals surface area (Å²) in [6.07, 6.45) is 3.20. The van der Waals surface area contributed by atoms with Crippen molar-refractivity contribution in [2.75, 3.05) is 0 Å². The molecule has 7 aromatic rings. The molecule has 3 heterocycles. The van der Waals surface area contributed by atoms with Crippen molar-refractivity contribution in [3.63, 3.8) is 0 Å². The van der Waals surface area contributed by atoms with E-state index in [1.807, 2.05) is 84.9 Å². The molecule has 0 spiro atoms. The van der Waals surface area contributed by atoms with Gasteiger partial charge in [-0.25, -0.2) is 9.59 Å². The Morgan fingerprint density at radius 1 is 0.500 bits per heavy atom. The zero-order valence-corrected chi connectivity index (χ0v) is 18.9. The Morgan fingerprint density at radius 2 is 0.972 bits per heavy atom. The zero-order chi connectivity index (χ0) is 24.2. The second-order valence-electron chi connectivity index (χ2n) is 8.75. The van der Waals surface area contributed by atoms with Crippen LogP contribution in [0.5, 0.6) is 0 Å². The minimum absolute atomic E-state index is 0.379. The second-order valence-corrected chi connectivity index (χ2v) is 8.75. The first-order valence-corrected chi connectivity index (χ1v) is 11.5. The fourth-order valence-electron chi connectivity index (χ4n) is 4.88. The van der Waals surface area contributed by atoms with Crippen LogP contribution in [0.2, 0.25) is 0 Å². The molecule has 0 unspecified atom stereocenters. The number of aromatic nitrogens is 1. The smallest absolute Gasteiger partial charge is 0.344 e. The van der Waals surface area contributed by atoms with Gasteiger partial charge in [-0.2, -0.15) is 0 Å². The van der Waals surface area contributed by atoms with Crippen LogP contribution >= 0.6 is 0 Å². The highest BCUT2D eigenvalue weighted by Crippen LogP contribution is 2.31. The topological polar surface area (TPSA) is 73.3 Å². The van der Waals surface area contributed by atoms with E-state index in [2.05, 4.69) is 4.98 Å². The Balaban J connectivity index is 1.44. The summed E-state index contributed by atoms with van der Waals surface area (Å²) in [5.41, 5.74) is 2.00. The predicted molar refractivity (Wildman–Crippen MR) is 142 cm³/mol. The largest absolute Gasteiger partial charge is 0.422 e. The molecule has 36 heavy (non-hydrogen) atoms. The van der Waals surface area contributed by atoms with E-state index in [9.17, 15) is 9.59 Å². The first-order chi connectivity index (χ1) is 17.7. The maximum Gasteiger partial charge on any atom is 0.344 e. The lowest BCUT2D eigenvalue weighted by Crippen LogP contribution is -2.05. The number of nitrogens with zero attached hydrogens (tertiary/aromatic N) is 1. The molecule has 0 saturated heterocycles. The molecule has 5 nitrogen and oxygen atoms in total. The van der Waals surface area contributed by atoms with Crippen molar-refractivity contribution in [2.45, 2.75) is 0 Å². The molecule has 0 aliphatic carbocycles. The van der Waals surface area contributed by atoms with Gasteiger partial charge in [-0.1, -0.05) is 60.7 Å². The number of fused-ring (bicyclic) bond motifs is 6. The van der Waals surface area contributed by atoms with E-state index in [1.165, 1.54) is 0 Å². The average molecular weight is 467 g/mol. The van der Waals surface area contributed by atoms with E-state index in [-0.39, 0.29) is 0 Å². The summed E-state index contributed by atoms with van der Waals surface area (Å²) in [5.74, 6) is 0. The summed E-state index contributed by atoms with van der Waals surface area (Å²) >= 11 is 0. The Hall–Kier alpha value is -5.03. The zero-order valence-electron chi connectivity index (χ0n) is 18.9. The van der Waals surface area contributed by atoms with E-state index in [1.54, 1.807) is 18.5 Å². The maximum atomic E-state index is 12.9. The van der Waals surface area contributed by atoms with Crippen LogP contribution in [0.15, 0.2) is 122 Å². The van der Waals surface area contributed by atoms with Crippen molar-refractivity contribution in [1.29, 1.82) is 0 Å². The molecule has 0 atom stereocenters.